The molecule has 1 aliphatic heterocycles. The quantitative estimate of drug-likeness (QED) is 0.573. The van der Waals surface area contributed by atoms with Gasteiger partial charge < -0.3 is 10.6 Å². The molecule has 0 saturated carbocycles. The van der Waals surface area contributed by atoms with Crippen LogP contribution in [0.1, 0.15) is 47.8 Å². The van der Waals surface area contributed by atoms with Gasteiger partial charge in [0.2, 0.25) is 5.91 Å². The Morgan fingerprint density at radius 1 is 1.10 bits per heavy atom. The van der Waals surface area contributed by atoms with Crippen LogP contribution in [0, 0.1) is 13.8 Å². The van der Waals surface area contributed by atoms with Gasteiger partial charge in [0.25, 0.3) is 0 Å². The maximum atomic E-state index is 12.7. The van der Waals surface area contributed by atoms with Crippen LogP contribution >= 0.6 is 11.3 Å². The molecule has 3 aromatic rings. The number of hydrogen-bond donors (Lipinski definition) is 2. The number of rotatable bonds is 7. The molecule has 2 N–H and O–H groups in total. The first-order chi connectivity index (χ1) is 15.0. The van der Waals surface area contributed by atoms with Crippen molar-refractivity contribution in [1.82, 2.24) is 20.2 Å². The standard InChI is InChI=1S/C24H31N5OS/c1-16-18(3)31-24-21(16)22(26-15-27-24)28-17(2)23(30)25-13-19-7-9-20(10-8-19)14-29-11-5-4-6-12-29/h7-10,15,17H,4-6,11-14H2,1-3H3,(H,25,30)(H,26,27,28)/t17-/m0/s1. The van der Waals surface area contributed by atoms with E-state index in [1.54, 1.807) is 17.7 Å². The molecule has 0 spiro atoms. The number of aromatic nitrogens is 2. The molecule has 6 nitrogen and oxygen atoms in total. The number of piperidine rings is 1. The van der Waals surface area contributed by atoms with Gasteiger partial charge in [-0.2, -0.15) is 0 Å². The third kappa shape index (κ3) is 5.22. The Labute approximate surface area is 188 Å². The summed E-state index contributed by atoms with van der Waals surface area (Å²) in [6, 6.07) is 8.19. The van der Waals surface area contributed by atoms with Crippen molar-refractivity contribution in [3.05, 3.63) is 52.2 Å². The van der Waals surface area contributed by atoms with Crippen LogP contribution in [-0.2, 0) is 17.9 Å². The molecule has 4 rings (SSSR count). The molecule has 1 atom stereocenters. The Morgan fingerprint density at radius 3 is 2.55 bits per heavy atom. The summed E-state index contributed by atoms with van der Waals surface area (Å²) in [5.74, 6) is 0.672. The van der Waals surface area contributed by atoms with Gasteiger partial charge in [0.05, 0.1) is 5.39 Å². The summed E-state index contributed by atoms with van der Waals surface area (Å²) < 4.78 is 0. The van der Waals surface area contributed by atoms with Crippen molar-refractivity contribution in [2.75, 3.05) is 18.4 Å². The number of anilines is 1. The summed E-state index contributed by atoms with van der Waals surface area (Å²) in [5, 5.41) is 7.31. The van der Waals surface area contributed by atoms with E-state index in [1.165, 1.54) is 48.4 Å². The second-order valence-corrected chi connectivity index (χ2v) is 9.63. The average Bonchev–Trinajstić information content (AvgIpc) is 3.08. The minimum absolute atomic E-state index is 0.0474. The zero-order valence-corrected chi connectivity index (χ0v) is 19.4. The van der Waals surface area contributed by atoms with Crippen molar-refractivity contribution in [1.29, 1.82) is 0 Å². The lowest BCUT2D eigenvalue weighted by Crippen LogP contribution is -2.37. The van der Waals surface area contributed by atoms with E-state index in [4.69, 9.17) is 0 Å². The van der Waals surface area contributed by atoms with E-state index in [-0.39, 0.29) is 5.91 Å². The molecule has 1 aliphatic rings. The molecule has 0 unspecified atom stereocenters. The van der Waals surface area contributed by atoms with Gasteiger partial charge in [0, 0.05) is 18.0 Å². The second-order valence-electron chi connectivity index (χ2n) is 8.42. The molecule has 0 aliphatic carbocycles. The molecular weight excluding hydrogens is 406 g/mol. The minimum atomic E-state index is -0.393. The van der Waals surface area contributed by atoms with Crippen LogP contribution < -0.4 is 10.6 Å². The Kier molecular flexibility index (Phi) is 6.83. The fraction of sp³-hybridized carbons (Fsp3) is 0.458. The van der Waals surface area contributed by atoms with Gasteiger partial charge >= 0.3 is 0 Å². The fourth-order valence-electron chi connectivity index (χ4n) is 4.04. The normalized spacial score (nSPS) is 15.7. The van der Waals surface area contributed by atoms with E-state index in [0.29, 0.717) is 6.54 Å². The van der Waals surface area contributed by atoms with Crippen LogP contribution in [0.4, 0.5) is 5.82 Å². The minimum Gasteiger partial charge on any atom is -0.358 e. The first-order valence-corrected chi connectivity index (χ1v) is 11.9. The van der Waals surface area contributed by atoms with Crippen molar-refractivity contribution in [3.63, 3.8) is 0 Å². The lowest BCUT2D eigenvalue weighted by Gasteiger charge is -2.26. The summed E-state index contributed by atoms with van der Waals surface area (Å²) >= 11 is 1.65. The monoisotopic (exact) mass is 437 g/mol. The van der Waals surface area contributed by atoms with Gasteiger partial charge in [-0.05, 0) is 63.4 Å². The summed E-state index contributed by atoms with van der Waals surface area (Å²) in [4.78, 5) is 26.1. The predicted molar refractivity (Wildman–Crippen MR) is 127 cm³/mol. The first kappa shape index (κ1) is 21.7. The summed E-state index contributed by atoms with van der Waals surface area (Å²) in [7, 11) is 0. The molecule has 1 fully saturated rings. The molecule has 2 aromatic heterocycles. The molecule has 31 heavy (non-hydrogen) atoms. The van der Waals surface area contributed by atoms with E-state index in [0.717, 1.165) is 28.1 Å². The zero-order chi connectivity index (χ0) is 21.8. The number of nitrogens with zero attached hydrogens (tertiary/aromatic N) is 3. The largest absolute Gasteiger partial charge is 0.358 e. The van der Waals surface area contributed by atoms with Crippen LogP contribution in [0.5, 0.6) is 0 Å². The van der Waals surface area contributed by atoms with E-state index >= 15 is 0 Å². The Morgan fingerprint density at radius 2 is 1.81 bits per heavy atom. The highest BCUT2D eigenvalue weighted by atomic mass is 32.1. The third-order valence-electron chi connectivity index (χ3n) is 6.06. The van der Waals surface area contributed by atoms with Gasteiger partial charge in [0.1, 0.15) is 23.0 Å². The number of fused-ring (bicyclic) bond motifs is 1. The molecule has 7 heteroatoms. The lowest BCUT2D eigenvalue weighted by molar-refractivity contribution is -0.121. The van der Waals surface area contributed by atoms with Crippen molar-refractivity contribution in [2.24, 2.45) is 0 Å². The summed E-state index contributed by atoms with van der Waals surface area (Å²) in [6.07, 6.45) is 5.53. The summed E-state index contributed by atoms with van der Waals surface area (Å²) in [6.45, 7) is 9.95. The number of carbonyl (C=O) groups is 1. The van der Waals surface area contributed by atoms with Crippen LogP contribution in [0.3, 0.4) is 0 Å². The number of benzene rings is 1. The highest BCUT2D eigenvalue weighted by Gasteiger charge is 2.17. The smallest absolute Gasteiger partial charge is 0.242 e. The number of amides is 1. The highest BCUT2D eigenvalue weighted by molar-refractivity contribution is 7.18. The Bertz CT molecular complexity index is 1040. The molecule has 164 valence electrons. The summed E-state index contributed by atoms with van der Waals surface area (Å²) in [5.41, 5.74) is 3.61. The molecule has 1 saturated heterocycles. The predicted octanol–water partition coefficient (Wildman–Crippen LogP) is 4.41. The van der Waals surface area contributed by atoms with Gasteiger partial charge in [-0.1, -0.05) is 30.7 Å². The SMILES string of the molecule is Cc1sc2ncnc(N[C@@H](C)C(=O)NCc3ccc(CN4CCCCC4)cc3)c2c1C. The van der Waals surface area contributed by atoms with Crippen LogP contribution in [-0.4, -0.2) is 39.9 Å². The maximum absolute atomic E-state index is 12.7. The maximum Gasteiger partial charge on any atom is 0.242 e. The topological polar surface area (TPSA) is 70.1 Å². The van der Waals surface area contributed by atoms with Crippen LogP contribution in [0.2, 0.25) is 0 Å². The van der Waals surface area contributed by atoms with Gasteiger partial charge in [0.15, 0.2) is 0 Å². The number of carbonyl (C=O) groups excluding carboxylic acids is 1. The van der Waals surface area contributed by atoms with E-state index in [2.05, 4.69) is 63.6 Å². The van der Waals surface area contributed by atoms with Crippen molar-refractivity contribution in [3.8, 4) is 0 Å². The number of likely N-dealkylation sites (tertiary alicyclic amines) is 1. The highest BCUT2D eigenvalue weighted by Crippen LogP contribution is 2.32. The van der Waals surface area contributed by atoms with Crippen LogP contribution in [0.25, 0.3) is 10.2 Å². The number of aryl methyl sites for hydroxylation is 2. The lowest BCUT2D eigenvalue weighted by atomic mass is 10.1. The Balaban J connectivity index is 1.31. The number of nitrogens with one attached hydrogen (secondary N) is 2. The average molecular weight is 438 g/mol. The zero-order valence-electron chi connectivity index (χ0n) is 18.6. The second kappa shape index (κ2) is 9.75. The van der Waals surface area contributed by atoms with Crippen molar-refractivity contribution < 1.29 is 4.79 Å². The molecule has 1 amide bonds. The van der Waals surface area contributed by atoms with Crippen molar-refractivity contribution in [2.45, 2.75) is 59.2 Å². The van der Waals surface area contributed by atoms with Gasteiger partial charge in [-0.3, -0.25) is 9.69 Å². The number of hydrogen-bond acceptors (Lipinski definition) is 6. The van der Waals surface area contributed by atoms with E-state index in [1.807, 2.05) is 6.92 Å². The molecule has 0 bridgehead atoms. The number of thiophene rings is 1. The molecule has 1 aromatic carbocycles. The van der Waals surface area contributed by atoms with Crippen LogP contribution in [0.15, 0.2) is 30.6 Å². The first-order valence-electron chi connectivity index (χ1n) is 11.1. The fourth-order valence-corrected chi connectivity index (χ4v) is 5.04. The molecular formula is C24H31N5OS. The van der Waals surface area contributed by atoms with E-state index in [9.17, 15) is 4.79 Å². The van der Waals surface area contributed by atoms with Gasteiger partial charge in [-0.15, -0.1) is 11.3 Å². The third-order valence-corrected chi connectivity index (χ3v) is 7.17. The molecule has 0 radical (unpaired) electrons. The Hall–Kier alpha value is -2.51. The van der Waals surface area contributed by atoms with E-state index < -0.39 is 6.04 Å². The van der Waals surface area contributed by atoms with Crippen molar-refractivity contribution >= 4 is 33.3 Å². The molecule has 3 heterocycles. The van der Waals surface area contributed by atoms with Gasteiger partial charge in [-0.25, -0.2) is 9.97 Å².